The normalized spacial score (nSPS) is 12.8. The number of ether oxygens (including phenoxy) is 1. The van der Waals surface area contributed by atoms with Crippen molar-refractivity contribution in [3.63, 3.8) is 0 Å². The molecule has 0 heterocycles. The molecule has 0 aliphatic rings. The summed E-state index contributed by atoms with van der Waals surface area (Å²) in [6.45, 7) is 4.90. The van der Waals surface area contributed by atoms with Crippen LogP contribution in [0.3, 0.4) is 0 Å². The number of allylic oxidation sites excluding steroid dienone is 5. The summed E-state index contributed by atoms with van der Waals surface area (Å²) < 4.78 is 5.49. The molecule has 0 bridgehead atoms. The average molecular weight is 971 g/mol. The Hall–Kier alpha value is -1.92. The molecular weight excluding hydrogens is 851 g/mol. The van der Waals surface area contributed by atoms with E-state index in [0.717, 1.165) is 51.4 Å². The van der Waals surface area contributed by atoms with Crippen LogP contribution in [0.4, 0.5) is 0 Å². The molecule has 6 nitrogen and oxygen atoms in total. The van der Waals surface area contributed by atoms with Gasteiger partial charge in [0.05, 0.1) is 25.4 Å². The number of aliphatic hydroxyl groups is 2. The number of carbonyl (C=O) groups is 2. The Labute approximate surface area is 430 Å². The van der Waals surface area contributed by atoms with Crippen LogP contribution in [0, 0.1) is 0 Å². The van der Waals surface area contributed by atoms with Gasteiger partial charge in [0, 0.05) is 12.8 Å². The van der Waals surface area contributed by atoms with Gasteiger partial charge in [-0.2, -0.15) is 0 Å². The van der Waals surface area contributed by atoms with Crippen LogP contribution in [0.25, 0.3) is 0 Å². The van der Waals surface area contributed by atoms with Crippen molar-refractivity contribution in [2.45, 2.75) is 341 Å². The first-order valence-corrected chi connectivity index (χ1v) is 30.8. The molecule has 0 aliphatic carbocycles. The number of esters is 1. The molecule has 6 heteroatoms. The highest BCUT2D eigenvalue weighted by atomic mass is 16.5. The van der Waals surface area contributed by atoms with Crippen LogP contribution < -0.4 is 5.32 Å². The molecule has 0 saturated carbocycles. The van der Waals surface area contributed by atoms with Crippen LogP contribution in [-0.4, -0.2) is 47.4 Å². The maximum Gasteiger partial charge on any atom is 0.305 e. The topological polar surface area (TPSA) is 95.9 Å². The van der Waals surface area contributed by atoms with Gasteiger partial charge in [0.15, 0.2) is 0 Å². The van der Waals surface area contributed by atoms with Gasteiger partial charge in [-0.15, -0.1) is 0 Å². The van der Waals surface area contributed by atoms with Crippen LogP contribution in [0.5, 0.6) is 0 Å². The van der Waals surface area contributed by atoms with Crippen molar-refractivity contribution in [1.29, 1.82) is 0 Å². The molecule has 0 aromatic heterocycles. The van der Waals surface area contributed by atoms with E-state index in [1.807, 2.05) is 6.08 Å². The minimum Gasteiger partial charge on any atom is -0.466 e. The molecular formula is C63H119NO5. The van der Waals surface area contributed by atoms with Crippen molar-refractivity contribution in [1.82, 2.24) is 5.32 Å². The Balaban J connectivity index is 3.44. The monoisotopic (exact) mass is 970 g/mol. The van der Waals surface area contributed by atoms with Crippen molar-refractivity contribution < 1.29 is 24.5 Å². The Morgan fingerprint density at radius 2 is 0.681 bits per heavy atom. The van der Waals surface area contributed by atoms with Gasteiger partial charge in [-0.05, 0) is 83.5 Å². The average Bonchev–Trinajstić information content (AvgIpc) is 3.35. The maximum absolute atomic E-state index is 12.4. The number of nitrogens with one attached hydrogen (secondary N) is 1. The van der Waals surface area contributed by atoms with Crippen molar-refractivity contribution in [3.8, 4) is 0 Å². The lowest BCUT2D eigenvalue weighted by atomic mass is 10.0. The van der Waals surface area contributed by atoms with Gasteiger partial charge in [-0.1, -0.05) is 269 Å². The van der Waals surface area contributed by atoms with Crippen LogP contribution in [0.2, 0.25) is 0 Å². The molecule has 3 N–H and O–H groups in total. The molecule has 69 heavy (non-hydrogen) atoms. The summed E-state index contributed by atoms with van der Waals surface area (Å²) in [6, 6.07) is -0.634. The number of carbonyl (C=O) groups excluding carboxylic acids is 2. The number of rotatable bonds is 57. The van der Waals surface area contributed by atoms with E-state index in [9.17, 15) is 19.8 Å². The summed E-state index contributed by atoms with van der Waals surface area (Å²) in [5.41, 5.74) is 0. The predicted molar refractivity (Wildman–Crippen MR) is 301 cm³/mol. The number of aliphatic hydroxyl groups excluding tert-OH is 2. The highest BCUT2D eigenvalue weighted by molar-refractivity contribution is 5.76. The molecule has 0 radical (unpaired) electrons. The summed E-state index contributed by atoms with van der Waals surface area (Å²) in [6.07, 6.45) is 73.2. The smallest absolute Gasteiger partial charge is 0.305 e. The van der Waals surface area contributed by atoms with E-state index in [1.54, 1.807) is 6.08 Å². The SMILES string of the molecule is CCCCCCCCC/C=C\CCCCCCCCCC(=O)OCCCCCCCCCCC/C=C\CCCCCCCCCC(=O)NC(CO)C(O)/C=C/CCCCCCCCCCCCCC. The van der Waals surface area contributed by atoms with Crippen LogP contribution in [-0.2, 0) is 14.3 Å². The van der Waals surface area contributed by atoms with Gasteiger partial charge in [0.2, 0.25) is 5.91 Å². The van der Waals surface area contributed by atoms with Gasteiger partial charge in [-0.3, -0.25) is 9.59 Å². The number of unbranched alkanes of at least 4 members (excludes halogenated alkanes) is 42. The molecule has 0 aliphatic heterocycles. The van der Waals surface area contributed by atoms with E-state index >= 15 is 0 Å². The fraction of sp³-hybridized carbons (Fsp3) is 0.873. The van der Waals surface area contributed by atoms with Crippen LogP contribution >= 0.6 is 0 Å². The van der Waals surface area contributed by atoms with E-state index in [-0.39, 0.29) is 18.5 Å². The largest absolute Gasteiger partial charge is 0.466 e. The second kappa shape index (κ2) is 58.6. The summed E-state index contributed by atoms with van der Waals surface area (Å²) >= 11 is 0. The number of hydrogen-bond acceptors (Lipinski definition) is 5. The lowest BCUT2D eigenvalue weighted by Crippen LogP contribution is -2.45. The first kappa shape index (κ1) is 67.1. The molecule has 2 unspecified atom stereocenters. The van der Waals surface area contributed by atoms with Crippen molar-refractivity contribution >= 4 is 11.9 Å². The summed E-state index contributed by atoms with van der Waals surface area (Å²) in [7, 11) is 0. The zero-order valence-corrected chi connectivity index (χ0v) is 46.3. The minimum atomic E-state index is -0.850. The molecule has 0 spiro atoms. The molecule has 406 valence electrons. The van der Waals surface area contributed by atoms with E-state index in [0.29, 0.717) is 19.4 Å². The standard InChI is InChI=1S/C63H119NO5/c1-3-5-7-9-11-13-15-17-19-20-26-29-33-37-41-45-49-53-57-63(68)69-58-54-50-46-42-38-34-30-27-24-22-21-23-25-28-32-36-40-44-48-52-56-62(67)64-60(59-65)61(66)55-51-47-43-39-35-31-18-16-14-12-10-8-6-4-2/h19-21,23,51,55,60-61,65-66H,3-18,22,24-50,52-54,56-59H2,1-2H3,(H,64,67)/b20-19-,23-21-,55-51+. The Morgan fingerprint density at radius 3 is 1.03 bits per heavy atom. The predicted octanol–water partition coefficient (Wildman–Crippen LogP) is 19.2. The lowest BCUT2D eigenvalue weighted by Gasteiger charge is -2.20. The van der Waals surface area contributed by atoms with Gasteiger partial charge in [-0.25, -0.2) is 0 Å². The van der Waals surface area contributed by atoms with Gasteiger partial charge in [0.1, 0.15) is 0 Å². The lowest BCUT2D eigenvalue weighted by molar-refractivity contribution is -0.143. The quantitative estimate of drug-likeness (QED) is 0.0321. The van der Waals surface area contributed by atoms with Crippen molar-refractivity contribution in [2.24, 2.45) is 0 Å². The zero-order valence-electron chi connectivity index (χ0n) is 46.3. The van der Waals surface area contributed by atoms with Crippen molar-refractivity contribution in [2.75, 3.05) is 13.2 Å². The van der Waals surface area contributed by atoms with E-state index < -0.39 is 12.1 Å². The highest BCUT2D eigenvalue weighted by Gasteiger charge is 2.18. The molecule has 0 saturated heterocycles. The van der Waals surface area contributed by atoms with Crippen LogP contribution in [0.15, 0.2) is 36.5 Å². The Bertz CT molecular complexity index is 1120. The second-order valence-electron chi connectivity index (χ2n) is 21.0. The number of amides is 1. The third-order valence-corrected chi connectivity index (χ3v) is 14.1. The Morgan fingerprint density at radius 1 is 0.391 bits per heavy atom. The zero-order chi connectivity index (χ0) is 50.0. The second-order valence-corrected chi connectivity index (χ2v) is 21.0. The van der Waals surface area contributed by atoms with E-state index in [1.165, 1.54) is 250 Å². The fourth-order valence-corrected chi connectivity index (χ4v) is 9.39. The maximum atomic E-state index is 12.4. The Kier molecular flexibility index (Phi) is 57.0. The van der Waals surface area contributed by atoms with Gasteiger partial charge >= 0.3 is 5.97 Å². The van der Waals surface area contributed by atoms with Crippen LogP contribution in [0.1, 0.15) is 328 Å². The summed E-state index contributed by atoms with van der Waals surface area (Å²) in [5.74, 6) is -0.0736. The molecule has 0 aromatic carbocycles. The molecule has 0 fully saturated rings. The van der Waals surface area contributed by atoms with E-state index in [4.69, 9.17) is 4.74 Å². The molecule has 2 atom stereocenters. The van der Waals surface area contributed by atoms with E-state index in [2.05, 4.69) is 43.5 Å². The third-order valence-electron chi connectivity index (χ3n) is 14.1. The molecule has 0 aromatic rings. The minimum absolute atomic E-state index is 0.00261. The molecule has 0 rings (SSSR count). The third kappa shape index (κ3) is 55.2. The molecule has 1 amide bonds. The first-order valence-electron chi connectivity index (χ1n) is 30.8. The summed E-state index contributed by atoms with van der Waals surface area (Å²) in [4.78, 5) is 24.5. The van der Waals surface area contributed by atoms with Gasteiger partial charge < -0.3 is 20.3 Å². The first-order chi connectivity index (χ1) is 34.0. The highest BCUT2D eigenvalue weighted by Crippen LogP contribution is 2.16. The number of hydrogen-bond donors (Lipinski definition) is 3. The van der Waals surface area contributed by atoms with Crippen molar-refractivity contribution in [3.05, 3.63) is 36.5 Å². The summed E-state index contributed by atoms with van der Waals surface area (Å²) in [5, 5.41) is 23.1. The fourth-order valence-electron chi connectivity index (χ4n) is 9.39. The van der Waals surface area contributed by atoms with Gasteiger partial charge in [0.25, 0.3) is 0 Å².